The van der Waals surface area contributed by atoms with E-state index in [1.165, 1.54) is 22.2 Å². The zero-order valence-corrected chi connectivity index (χ0v) is 17.1. The first kappa shape index (κ1) is 18.3. The monoisotopic (exact) mass is 389 g/mol. The minimum Gasteiger partial charge on any atom is -0.378 e. The highest BCUT2D eigenvalue weighted by atomic mass is 16.5. The van der Waals surface area contributed by atoms with E-state index in [-0.39, 0.29) is 11.5 Å². The Morgan fingerprint density at radius 2 is 1.79 bits per heavy atom. The lowest BCUT2D eigenvalue weighted by Crippen LogP contribution is -2.48. The van der Waals surface area contributed by atoms with Crippen LogP contribution in [-0.2, 0) is 16.8 Å². The molecule has 2 aliphatic rings. The number of H-pyrrole nitrogens is 1. The van der Waals surface area contributed by atoms with Crippen LogP contribution in [0.1, 0.15) is 34.5 Å². The summed E-state index contributed by atoms with van der Waals surface area (Å²) in [7, 11) is 4.01. The number of nitrogens with one attached hydrogen (secondary N) is 1. The molecule has 1 aromatic heterocycles. The van der Waals surface area contributed by atoms with Gasteiger partial charge in [0.05, 0.1) is 12.3 Å². The molecule has 0 bridgehead atoms. The first-order valence-corrected chi connectivity index (χ1v) is 10.4. The summed E-state index contributed by atoms with van der Waals surface area (Å²) >= 11 is 0. The Hall–Kier alpha value is -2.79. The molecule has 5 rings (SSSR count). The number of ether oxygens (including phenoxy) is 1. The van der Waals surface area contributed by atoms with E-state index in [0.29, 0.717) is 13.1 Å². The van der Waals surface area contributed by atoms with E-state index >= 15 is 0 Å². The summed E-state index contributed by atoms with van der Waals surface area (Å²) in [6, 6.07) is 16.3. The van der Waals surface area contributed by atoms with Crippen LogP contribution in [0.4, 0.5) is 5.69 Å². The van der Waals surface area contributed by atoms with E-state index in [9.17, 15) is 4.79 Å². The van der Waals surface area contributed by atoms with Gasteiger partial charge in [-0.1, -0.05) is 18.2 Å². The number of para-hydroxylation sites is 1. The minimum atomic E-state index is -0.293. The van der Waals surface area contributed by atoms with Crippen molar-refractivity contribution in [3.05, 3.63) is 65.4 Å². The highest BCUT2D eigenvalue weighted by molar-refractivity contribution is 5.94. The Kier molecular flexibility index (Phi) is 4.36. The van der Waals surface area contributed by atoms with E-state index < -0.39 is 0 Å². The van der Waals surface area contributed by atoms with Crippen LogP contribution in [0.2, 0.25) is 0 Å². The molecule has 0 aliphatic carbocycles. The number of nitrogens with zero attached hydrogens (tertiary/aromatic N) is 2. The number of likely N-dealkylation sites (tertiary alicyclic amines) is 1. The Bertz CT molecular complexity index is 1040. The summed E-state index contributed by atoms with van der Waals surface area (Å²) in [6.07, 6.45) is 2.60. The molecule has 3 heterocycles. The molecular weight excluding hydrogens is 362 g/mol. The second-order valence-electron chi connectivity index (χ2n) is 8.35. The quantitative estimate of drug-likeness (QED) is 0.722. The van der Waals surface area contributed by atoms with Gasteiger partial charge in [-0.05, 0) is 55.2 Å². The predicted molar refractivity (Wildman–Crippen MR) is 116 cm³/mol. The number of aromatic nitrogens is 1. The molecule has 0 radical (unpaired) electrons. The molecule has 5 heteroatoms. The van der Waals surface area contributed by atoms with Gasteiger partial charge in [-0.25, -0.2) is 0 Å². The Morgan fingerprint density at radius 1 is 1.07 bits per heavy atom. The summed E-state index contributed by atoms with van der Waals surface area (Å²) in [5.74, 6) is 0.109. The Labute approximate surface area is 171 Å². The molecule has 1 N–H and O–H groups in total. The van der Waals surface area contributed by atoms with Gasteiger partial charge < -0.3 is 19.5 Å². The van der Waals surface area contributed by atoms with Gasteiger partial charge in [0.15, 0.2) is 0 Å². The topological polar surface area (TPSA) is 48.6 Å². The number of hydrogen-bond donors (Lipinski definition) is 1. The van der Waals surface area contributed by atoms with Crippen LogP contribution in [0.3, 0.4) is 0 Å². The molecule has 1 saturated heterocycles. The van der Waals surface area contributed by atoms with E-state index in [0.717, 1.165) is 37.1 Å². The van der Waals surface area contributed by atoms with Crippen LogP contribution in [0.25, 0.3) is 10.9 Å². The van der Waals surface area contributed by atoms with Crippen molar-refractivity contribution in [3.8, 4) is 0 Å². The Balaban J connectivity index is 1.36. The normalized spacial score (nSPS) is 18.1. The summed E-state index contributed by atoms with van der Waals surface area (Å²) in [6.45, 7) is 2.17. The number of amides is 1. The van der Waals surface area contributed by atoms with E-state index in [1.54, 1.807) is 0 Å². The van der Waals surface area contributed by atoms with Crippen LogP contribution in [-0.4, -0.2) is 49.6 Å². The predicted octanol–water partition coefficient (Wildman–Crippen LogP) is 3.94. The van der Waals surface area contributed by atoms with E-state index in [4.69, 9.17) is 4.74 Å². The van der Waals surface area contributed by atoms with E-state index in [1.807, 2.05) is 48.2 Å². The average molecular weight is 389 g/mol. The summed E-state index contributed by atoms with van der Waals surface area (Å²) in [4.78, 5) is 20.6. The average Bonchev–Trinajstić information content (AvgIpc) is 3.14. The zero-order valence-electron chi connectivity index (χ0n) is 17.1. The second kappa shape index (κ2) is 6.92. The van der Waals surface area contributed by atoms with Crippen molar-refractivity contribution in [3.63, 3.8) is 0 Å². The zero-order chi connectivity index (χ0) is 20.0. The van der Waals surface area contributed by atoms with Gasteiger partial charge in [0, 0.05) is 49.3 Å². The smallest absolute Gasteiger partial charge is 0.253 e. The summed E-state index contributed by atoms with van der Waals surface area (Å²) < 4.78 is 6.36. The first-order chi connectivity index (χ1) is 14.1. The maximum Gasteiger partial charge on any atom is 0.253 e. The molecule has 1 fully saturated rings. The fourth-order valence-corrected chi connectivity index (χ4v) is 4.82. The van der Waals surface area contributed by atoms with E-state index in [2.05, 4.69) is 29.2 Å². The van der Waals surface area contributed by atoms with Crippen molar-refractivity contribution in [1.29, 1.82) is 0 Å². The second-order valence-corrected chi connectivity index (χ2v) is 8.35. The molecule has 5 nitrogen and oxygen atoms in total. The number of hydrogen-bond acceptors (Lipinski definition) is 3. The fraction of sp³-hybridized carbons (Fsp3) is 0.375. The van der Waals surface area contributed by atoms with Gasteiger partial charge in [-0.3, -0.25) is 4.79 Å². The molecule has 2 aromatic carbocycles. The third-order valence-corrected chi connectivity index (χ3v) is 6.49. The van der Waals surface area contributed by atoms with Gasteiger partial charge >= 0.3 is 0 Å². The fourth-order valence-electron chi connectivity index (χ4n) is 4.82. The van der Waals surface area contributed by atoms with Crippen molar-refractivity contribution >= 4 is 22.5 Å². The Morgan fingerprint density at radius 3 is 2.52 bits per heavy atom. The van der Waals surface area contributed by atoms with Gasteiger partial charge in [0.1, 0.15) is 5.60 Å². The summed E-state index contributed by atoms with van der Waals surface area (Å²) in [5, 5.41) is 1.31. The molecule has 150 valence electrons. The van der Waals surface area contributed by atoms with Crippen molar-refractivity contribution in [2.24, 2.45) is 0 Å². The number of benzene rings is 2. The minimum absolute atomic E-state index is 0.109. The standard InChI is InChI=1S/C24H27N3O2/c1-26(2)18-9-7-17(8-10-18)23(28)27-14-12-24(13-15-27)22-20(11-16-29-24)19-5-3-4-6-21(19)25-22/h3-10,25H,11-16H2,1-2H3. The van der Waals surface area contributed by atoms with Crippen molar-refractivity contribution in [1.82, 2.24) is 9.88 Å². The molecule has 0 saturated carbocycles. The van der Waals surface area contributed by atoms with Crippen molar-refractivity contribution in [2.45, 2.75) is 24.9 Å². The lowest BCUT2D eigenvalue weighted by atomic mass is 9.83. The van der Waals surface area contributed by atoms with Crippen LogP contribution >= 0.6 is 0 Å². The van der Waals surface area contributed by atoms with Gasteiger partial charge in [-0.2, -0.15) is 0 Å². The molecule has 1 amide bonds. The molecule has 0 unspecified atom stereocenters. The third-order valence-electron chi connectivity index (χ3n) is 6.49. The van der Waals surface area contributed by atoms with Crippen LogP contribution in [0.15, 0.2) is 48.5 Å². The maximum absolute atomic E-state index is 13.0. The van der Waals surface area contributed by atoms with Gasteiger partial charge in [0.2, 0.25) is 0 Å². The molecule has 2 aliphatic heterocycles. The highest BCUT2D eigenvalue weighted by Crippen LogP contribution is 2.43. The SMILES string of the molecule is CN(C)c1ccc(C(=O)N2CCC3(CC2)OCCc2c3[nH]c3ccccc23)cc1. The number of carbonyl (C=O) groups excluding carboxylic acids is 1. The molecule has 1 spiro atoms. The van der Waals surface area contributed by atoms with Crippen LogP contribution < -0.4 is 4.90 Å². The number of anilines is 1. The van der Waals surface area contributed by atoms with Crippen molar-refractivity contribution in [2.75, 3.05) is 38.7 Å². The number of aromatic amines is 1. The largest absolute Gasteiger partial charge is 0.378 e. The van der Waals surface area contributed by atoms with Crippen LogP contribution in [0, 0.1) is 0 Å². The lowest BCUT2D eigenvalue weighted by molar-refractivity contribution is -0.0957. The maximum atomic E-state index is 13.0. The highest BCUT2D eigenvalue weighted by Gasteiger charge is 2.43. The molecule has 0 atom stereocenters. The number of carbonyl (C=O) groups is 1. The number of rotatable bonds is 2. The number of fused-ring (bicyclic) bond motifs is 4. The molecule has 3 aromatic rings. The molecule has 29 heavy (non-hydrogen) atoms. The molecular formula is C24H27N3O2. The van der Waals surface area contributed by atoms with Gasteiger partial charge in [0.25, 0.3) is 5.91 Å². The number of piperidine rings is 1. The van der Waals surface area contributed by atoms with Gasteiger partial charge in [-0.15, -0.1) is 0 Å². The van der Waals surface area contributed by atoms with Crippen molar-refractivity contribution < 1.29 is 9.53 Å². The summed E-state index contributed by atoms with van der Waals surface area (Å²) in [5.41, 5.74) is 5.36. The lowest BCUT2D eigenvalue weighted by Gasteiger charge is -2.43. The first-order valence-electron chi connectivity index (χ1n) is 10.4. The third kappa shape index (κ3) is 3.01. The van der Waals surface area contributed by atoms with Crippen LogP contribution in [0.5, 0.6) is 0 Å².